The van der Waals surface area contributed by atoms with Crippen LogP contribution in [0.5, 0.6) is 0 Å². The summed E-state index contributed by atoms with van der Waals surface area (Å²) in [5.74, 6) is 3.01. The van der Waals surface area contributed by atoms with E-state index in [9.17, 15) is 13.2 Å². The van der Waals surface area contributed by atoms with Crippen molar-refractivity contribution in [3.05, 3.63) is 24.3 Å². The molecule has 0 unspecified atom stereocenters. The highest BCUT2D eigenvalue weighted by molar-refractivity contribution is 7.99. The van der Waals surface area contributed by atoms with Crippen LogP contribution in [0.25, 0.3) is 11.4 Å². The summed E-state index contributed by atoms with van der Waals surface area (Å²) >= 11 is 1.31. The SMILES string of the molecule is C#CCNC(=O)CSc1nnc(-c2cccc(S(=O)(=O)N3CCOCC3)c2)n1C1CCCC1. The van der Waals surface area contributed by atoms with Crippen LogP contribution in [0, 0.1) is 12.3 Å². The molecule has 2 fully saturated rings. The number of aromatic nitrogens is 3. The van der Waals surface area contributed by atoms with Gasteiger partial charge in [0.25, 0.3) is 0 Å². The van der Waals surface area contributed by atoms with Crippen molar-refractivity contribution in [2.45, 2.75) is 41.8 Å². The average molecular weight is 490 g/mol. The van der Waals surface area contributed by atoms with Crippen LogP contribution in [0.4, 0.5) is 0 Å². The van der Waals surface area contributed by atoms with E-state index in [0.29, 0.717) is 42.8 Å². The maximum Gasteiger partial charge on any atom is 0.243 e. The van der Waals surface area contributed by atoms with Gasteiger partial charge in [0.2, 0.25) is 15.9 Å². The number of rotatable bonds is 8. The predicted octanol–water partition coefficient (Wildman–Crippen LogP) is 1.92. The van der Waals surface area contributed by atoms with Gasteiger partial charge in [-0.05, 0) is 25.0 Å². The number of nitrogens with zero attached hydrogens (tertiary/aromatic N) is 4. The molecule has 11 heteroatoms. The van der Waals surface area contributed by atoms with Gasteiger partial charge in [0.1, 0.15) is 0 Å². The van der Waals surface area contributed by atoms with E-state index in [4.69, 9.17) is 11.2 Å². The number of amides is 1. The summed E-state index contributed by atoms with van der Waals surface area (Å²) in [7, 11) is -3.63. The van der Waals surface area contributed by atoms with Gasteiger partial charge >= 0.3 is 0 Å². The number of ether oxygens (including phenoxy) is 1. The third-order valence-corrected chi connectivity index (χ3v) is 8.61. The van der Waals surface area contributed by atoms with Crippen LogP contribution < -0.4 is 5.32 Å². The minimum absolute atomic E-state index is 0.168. The zero-order valence-corrected chi connectivity index (χ0v) is 19.9. The predicted molar refractivity (Wildman–Crippen MR) is 125 cm³/mol. The number of carbonyl (C=O) groups excluding carboxylic acids is 1. The maximum absolute atomic E-state index is 13.1. The van der Waals surface area contributed by atoms with Crippen LogP contribution >= 0.6 is 11.8 Å². The number of morpholine rings is 1. The summed E-state index contributed by atoms with van der Waals surface area (Å²) in [4.78, 5) is 12.3. The first-order chi connectivity index (χ1) is 16.0. The molecule has 0 radical (unpaired) electrons. The number of nitrogens with one attached hydrogen (secondary N) is 1. The third kappa shape index (κ3) is 5.41. The molecule has 33 heavy (non-hydrogen) atoms. The fourth-order valence-electron chi connectivity index (χ4n) is 4.13. The van der Waals surface area contributed by atoms with Gasteiger partial charge in [0.15, 0.2) is 11.0 Å². The second kappa shape index (κ2) is 10.7. The molecule has 2 aliphatic rings. The summed E-state index contributed by atoms with van der Waals surface area (Å²) in [5.41, 5.74) is 0.687. The second-order valence-corrected chi connectivity index (χ2v) is 10.8. The van der Waals surface area contributed by atoms with Crippen molar-refractivity contribution in [3.8, 4) is 23.7 Å². The largest absolute Gasteiger partial charge is 0.379 e. The van der Waals surface area contributed by atoms with E-state index in [1.807, 2.05) is 6.07 Å². The molecule has 1 aliphatic carbocycles. The van der Waals surface area contributed by atoms with Crippen LogP contribution in [0.15, 0.2) is 34.3 Å². The molecule has 0 bridgehead atoms. The van der Waals surface area contributed by atoms with Crippen molar-refractivity contribution in [3.63, 3.8) is 0 Å². The van der Waals surface area contributed by atoms with Crippen molar-refractivity contribution in [2.75, 3.05) is 38.6 Å². The number of carbonyl (C=O) groups is 1. The van der Waals surface area contributed by atoms with Crippen molar-refractivity contribution in [2.24, 2.45) is 0 Å². The summed E-state index contributed by atoms with van der Waals surface area (Å²) in [5, 5.41) is 12.1. The van der Waals surface area contributed by atoms with Crippen molar-refractivity contribution in [1.29, 1.82) is 0 Å². The maximum atomic E-state index is 13.1. The number of hydrogen-bond acceptors (Lipinski definition) is 7. The molecule has 1 aliphatic heterocycles. The fraction of sp³-hybridized carbons (Fsp3) is 0.500. The number of terminal acetylenes is 1. The molecular weight excluding hydrogens is 462 g/mol. The van der Waals surface area contributed by atoms with Crippen molar-refractivity contribution in [1.82, 2.24) is 24.4 Å². The van der Waals surface area contributed by atoms with Crippen molar-refractivity contribution < 1.29 is 17.9 Å². The third-order valence-electron chi connectivity index (χ3n) is 5.77. The molecule has 0 spiro atoms. The Morgan fingerprint density at radius 3 is 2.73 bits per heavy atom. The lowest BCUT2D eigenvalue weighted by atomic mass is 10.2. The zero-order chi connectivity index (χ0) is 23.3. The van der Waals surface area contributed by atoms with Gasteiger partial charge < -0.3 is 10.1 Å². The summed E-state index contributed by atoms with van der Waals surface area (Å²) in [6.45, 7) is 1.65. The van der Waals surface area contributed by atoms with Crippen LogP contribution in [0.1, 0.15) is 31.7 Å². The number of benzene rings is 1. The molecule has 1 aromatic heterocycles. The Morgan fingerprint density at radius 2 is 2.00 bits per heavy atom. The normalized spacial score (nSPS) is 17.7. The van der Waals surface area contributed by atoms with E-state index < -0.39 is 10.0 Å². The quantitative estimate of drug-likeness (QED) is 0.446. The van der Waals surface area contributed by atoms with E-state index in [-0.39, 0.29) is 29.1 Å². The topological polar surface area (TPSA) is 106 Å². The standard InChI is InChI=1S/C22H27N5O4S2/c1-2-10-23-20(28)16-32-22-25-24-21(27(22)18-7-3-4-8-18)17-6-5-9-19(15-17)33(29,30)26-11-13-31-14-12-26/h1,5-6,9,15,18H,3-4,7-8,10-14,16H2,(H,23,28). The Morgan fingerprint density at radius 1 is 1.24 bits per heavy atom. The molecule has 1 amide bonds. The number of sulfonamides is 1. The lowest BCUT2D eigenvalue weighted by molar-refractivity contribution is -0.118. The van der Waals surface area contributed by atoms with Crippen LogP contribution in [0.2, 0.25) is 0 Å². The highest BCUT2D eigenvalue weighted by Crippen LogP contribution is 2.37. The second-order valence-electron chi connectivity index (χ2n) is 7.93. The Labute approximate surface area is 198 Å². The number of hydrogen-bond donors (Lipinski definition) is 1. The summed E-state index contributed by atoms with van der Waals surface area (Å²) in [6.07, 6.45) is 9.41. The van der Waals surface area contributed by atoms with E-state index in [0.717, 1.165) is 25.7 Å². The molecule has 4 rings (SSSR count). The molecular formula is C22H27N5O4S2. The van der Waals surface area contributed by atoms with Gasteiger partial charge in [-0.1, -0.05) is 42.7 Å². The monoisotopic (exact) mass is 489 g/mol. The molecule has 1 aromatic carbocycles. The Hall–Kier alpha value is -2.39. The lowest BCUT2D eigenvalue weighted by Crippen LogP contribution is -2.40. The first-order valence-corrected chi connectivity index (χ1v) is 13.4. The minimum Gasteiger partial charge on any atom is -0.379 e. The number of thioether (sulfide) groups is 1. The Bertz CT molecular complexity index is 1130. The summed E-state index contributed by atoms with van der Waals surface area (Å²) in [6, 6.07) is 7.06. The van der Waals surface area contributed by atoms with Gasteiger partial charge in [0, 0.05) is 24.7 Å². The highest BCUT2D eigenvalue weighted by Gasteiger charge is 2.29. The van der Waals surface area contributed by atoms with E-state index in [1.165, 1.54) is 16.1 Å². The molecule has 2 aromatic rings. The van der Waals surface area contributed by atoms with Gasteiger partial charge in [-0.25, -0.2) is 8.42 Å². The molecule has 1 saturated heterocycles. The Kier molecular flexibility index (Phi) is 7.70. The molecule has 176 valence electrons. The molecule has 1 saturated carbocycles. The molecule has 0 atom stereocenters. The first-order valence-electron chi connectivity index (χ1n) is 11.0. The van der Waals surface area contributed by atoms with Gasteiger partial charge in [-0.3, -0.25) is 9.36 Å². The van der Waals surface area contributed by atoms with Gasteiger partial charge in [0.05, 0.1) is 30.4 Å². The molecule has 2 heterocycles. The van der Waals surface area contributed by atoms with Crippen LogP contribution in [-0.2, 0) is 19.6 Å². The lowest BCUT2D eigenvalue weighted by Gasteiger charge is -2.26. The van der Waals surface area contributed by atoms with E-state index in [2.05, 4.69) is 26.0 Å². The van der Waals surface area contributed by atoms with Gasteiger partial charge in [-0.15, -0.1) is 16.6 Å². The van der Waals surface area contributed by atoms with Crippen LogP contribution in [-0.4, -0.2) is 72.0 Å². The highest BCUT2D eigenvalue weighted by atomic mass is 32.2. The smallest absolute Gasteiger partial charge is 0.243 e. The van der Waals surface area contributed by atoms with E-state index >= 15 is 0 Å². The fourth-order valence-corrected chi connectivity index (χ4v) is 6.42. The Balaban J connectivity index is 1.63. The first kappa shape index (κ1) is 23.8. The van der Waals surface area contributed by atoms with Gasteiger partial charge in [-0.2, -0.15) is 4.31 Å². The molecule has 1 N–H and O–H groups in total. The average Bonchev–Trinajstić information content (AvgIpc) is 3.52. The van der Waals surface area contributed by atoms with E-state index in [1.54, 1.807) is 18.2 Å². The molecule has 9 nitrogen and oxygen atoms in total. The summed E-state index contributed by atoms with van der Waals surface area (Å²) < 4.78 is 35.1. The van der Waals surface area contributed by atoms with Crippen LogP contribution in [0.3, 0.4) is 0 Å². The minimum atomic E-state index is -3.63. The zero-order valence-electron chi connectivity index (χ0n) is 18.3. The van der Waals surface area contributed by atoms with Crippen molar-refractivity contribution >= 4 is 27.7 Å².